The van der Waals surface area contributed by atoms with Crippen LogP contribution in [0.4, 0.5) is 11.4 Å². The minimum absolute atomic E-state index is 0.0593. The first-order valence-electron chi connectivity index (χ1n) is 6.96. The fourth-order valence-electron chi connectivity index (χ4n) is 2.41. The van der Waals surface area contributed by atoms with E-state index in [0.29, 0.717) is 24.1 Å². The lowest BCUT2D eigenvalue weighted by atomic mass is 10.0. The Hall–Kier alpha value is -1.34. The number of nitrogens with zero attached hydrogens (tertiary/aromatic N) is 1. The Kier molecular flexibility index (Phi) is 5.81. The first-order valence-corrected chi connectivity index (χ1v) is 9.23. The Morgan fingerprint density at radius 1 is 1.32 bits per heavy atom. The molecule has 1 aromatic carbocycles. The molecular formula is C14H21ClN2O4S. The van der Waals surface area contributed by atoms with Crippen molar-refractivity contribution < 1.29 is 13.3 Å². The van der Waals surface area contributed by atoms with Crippen molar-refractivity contribution in [2.75, 3.05) is 18.1 Å². The molecule has 0 aromatic heterocycles. The number of sulfone groups is 1. The van der Waals surface area contributed by atoms with E-state index in [4.69, 9.17) is 11.6 Å². The summed E-state index contributed by atoms with van der Waals surface area (Å²) in [6, 6.07) is 2.85. The van der Waals surface area contributed by atoms with E-state index in [1.807, 2.05) is 13.8 Å². The van der Waals surface area contributed by atoms with Crippen molar-refractivity contribution in [3.05, 3.63) is 32.8 Å². The molecule has 0 aliphatic heterocycles. The van der Waals surface area contributed by atoms with E-state index in [0.717, 1.165) is 0 Å². The maximum atomic E-state index is 12.1. The summed E-state index contributed by atoms with van der Waals surface area (Å²) in [6.45, 7) is 5.47. The first kappa shape index (κ1) is 18.7. The van der Waals surface area contributed by atoms with Gasteiger partial charge in [-0.15, -0.1) is 0 Å². The topological polar surface area (TPSA) is 89.3 Å². The molecular weight excluding hydrogens is 328 g/mol. The zero-order valence-electron chi connectivity index (χ0n) is 13.1. The van der Waals surface area contributed by atoms with Gasteiger partial charge in [0.2, 0.25) is 0 Å². The summed E-state index contributed by atoms with van der Waals surface area (Å²) in [6.07, 6.45) is 2.17. The largest absolute Gasteiger partial charge is 0.382 e. The number of hydrogen-bond donors (Lipinski definition) is 1. The summed E-state index contributed by atoms with van der Waals surface area (Å²) < 4.78 is 23.3. The Morgan fingerprint density at radius 2 is 1.86 bits per heavy atom. The average Bonchev–Trinajstić information content (AvgIpc) is 2.41. The standard InChI is InChI=1S/C14H21ClN2O4S/c1-5-14(6-2,22(4,20)21)9-16-12-7-10(3)13(17(18)19)8-11(12)15/h7-8,16H,5-6,9H2,1-4H3. The molecule has 0 fully saturated rings. The summed E-state index contributed by atoms with van der Waals surface area (Å²) in [7, 11) is -3.26. The van der Waals surface area contributed by atoms with Crippen LogP contribution in [-0.4, -0.2) is 30.9 Å². The maximum Gasteiger partial charge on any atom is 0.273 e. The van der Waals surface area contributed by atoms with Crippen LogP contribution in [0.15, 0.2) is 12.1 Å². The predicted molar refractivity (Wildman–Crippen MR) is 89.5 cm³/mol. The van der Waals surface area contributed by atoms with Gasteiger partial charge in [0.1, 0.15) is 0 Å². The third-order valence-electron chi connectivity index (χ3n) is 4.16. The summed E-state index contributed by atoms with van der Waals surface area (Å²) in [4.78, 5) is 10.4. The summed E-state index contributed by atoms with van der Waals surface area (Å²) in [5.41, 5.74) is 0.908. The number of nitrogens with one attached hydrogen (secondary N) is 1. The summed E-state index contributed by atoms with van der Waals surface area (Å²) in [5, 5.41) is 14.1. The van der Waals surface area contributed by atoms with E-state index in [2.05, 4.69) is 5.32 Å². The third-order valence-corrected chi connectivity index (χ3v) is 6.77. The van der Waals surface area contributed by atoms with Gasteiger partial charge in [-0.25, -0.2) is 8.42 Å². The normalized spacial score (nSPS) is 12.2. The number of nitro groups is 1. The fourth-order valence-corrected chi connectivity index (χ4v) is 4.02. The van der Waals surface area contributed by atoms with Crippen molar-refractivity contribution in [3.8, 4) is 0 Å². The Morgan fingerprint density at radius 3 is 2.27 bits per heavy atom. The molecule has 0 unspecified atom stereocenters. The molecule has 22 heavy (non-hydrogen) atoms. The van der Waals surface area contributed by atoms with Gasteiger partial charge in [-0.05, 0) is 25.8 Å². The summed E-state index contributed by atoms with van der Waals surface area (Å²) >= 11 is 6.06. The number of halogens is 1. The minimum Gasteiger partial charge on any atom is -0.382 e. The first-order chi connectivity index (χ1) is 10.1. The van der Waals surface area contributed by atoms with Crippen molar-refractivity contribution in [1.29, 1.82) is 0 Å². The second-order valence-electron chi connectivity index (χ2n) is 5.39. The number of hydrogen-bond acceptors (Lipinski definition) is 5. The highest BCUT2D eigenvalue weighted by Gasteiger charge is 2.37. The van der Waals surface area contributed by atoms with Gasteiger partial charge in [0.15, 0.2) is 9.84 Å². The van der Waals surface area contributed by atoms with Crippen molar-refractivity contribution in [3.63, 3.8) is 0 Å². The van der Waals surface area contributed by atoms with Crippen LogP contribution in [0.1, 0.15) is 32.3 Å². The van der Waals surface area contributed by atoms with Crippen LogP contribution in [0.2, 0.25) is 5.02 Å². The molecule has 1 aromatic rings. The van der Waals surface area contributed by atoms with Crippen molar-refractivity contribution in [2.24, 2.45) is 0 Å². The van der Waals surface area contributed by atoms with Crippen LogP contribution in [-0.2, 0) is 9.84 Å². The predicted octanol–water partition coefficient (Wildman–Crippen LogP) is 3.57. The lowest BCUT2D eigenvalue weighted by Crippen LogP contribution is -2.43. The molecule has 0 saturated heterocycles. The zero-order chi connectivity index (χ0) is 17.1. The second-order valence-corrected chi connectivity index (χ2v) is 8.21. The fraction of sp³-hybridized carbons (Fsp3) is 0.571. The molecule has 0 heterocycles. The molecule has 0 radical (unpaired) electrons. The number of anilines is 1. The van der Waals surface area contributed by atoms with E-state index in [1.165, 1.54) is 12.3 Å². The van der Waals surface area contributed by atoms with E-state index in [-0.39, 0.29) is 17.3 Å². The van der Waals surface area contributed by atoms with Crippen molar-refractivity contribution in [2.45, 2.75) is 38.4 Å². The number of aryl methyl sites for hydroxylation is 1. The molecule has 0 spiro atoms. The van der Waals surface area contributed by atoms with Gasteiger partial charge < -0.3 is 5.32 Å². The monoisotopic (exact) mass is 348 g/mol. The van der Waals surface area contributed by atoms with Crippen LogP contribution in [0.5, 0.6) is 0 Å². The average molecular weight is 349 g/mol. The Balaban J connectivity index is 3.11. The van der Waals surface area contributed by atoms with Gasteiger partial charge in [-0.3, -0.25) is 10.1 Å². The number of rotatable bonds is 7. The highest BCUT2D eigenvalue weighted by molar-refractivity contribution is 7.92. The van der Waals surface area contributed by atoms with Crippen LogP contribution in [0, 0.1) is 17.0 Å². The van der Waals surface area contributed by atoms with Gasteiger partial charge >= 0.3 is 0 Å². The van der Waals surface area contributed by atoms with Gasteiger partial charge in [-0.1, -0.05) is 25.4 Å². The van der Waals surface area contributed by atoms with Gasteiger partial charge in [0.25, 0.3) is 5.69 Å². The van der Waals surface area contributed by atoms with E-state index >= 15 is 0 Å². The highest BCUT2D eigenvalue weighted by atomic mass is 35.5. The lowest BCUT2D eigenvalue weighted by Gasteiger charge is -2.30. The third kappa shape index (κ3) is 3.70. The van der Waals surface area contributed by atoms with Gasteiger partial charge in [0, 0.05) is 24.4 Å². The smallest absolute Gasteiger partial charge is 0.273 e. The van der Waals surface area contributed by atoms with Crippen LogP contribution >= 0.6 is 11.6 Å². The van der Waals surface area contributed by atoms with Gasteiger partial charge in [-0.2, -0.15) is 0 Å². The molecule has 0 saturated carbocycles. The quantitative estimate of drug-likeness (QED) is 0.601. The molecule has 0 bridgehead atoms. The maximum absolute atomic E-state index is 12.1. The SMILES string of the molecule is CCC(CC)(CNc1cc(C)c([N+](=O)[O-])cc1Cl)S(C)(=O)=O. The molecule has 0 aliphatic carbocycles. The van der Waals surface area contributed by atoms with Crippen LogP contribution in [0.25, 0.3) is 0 Å². The molecule has 8 heteroatoms. The summed E-state index contributed by atoms with van der Waals surface area (Å²) in [5.74, 6) is 0. The van der Waals surface area contributed by atoms with E-state index in [9.17, 15) is 18.5 Å². The molecule has 1 rings (SSSR count). The molecule has 0 amide bonds. The Bertz CT molecular complexity index is 670. The molecule has 0 atom stereocenters. The number of nitro benzene ring substituents is 1. The highest BCUT2D eigenvalue weighted by Crippen LogP contribution is 2.32. The molecule has 0 aliphatic rings. The molecule has 6 nitrogen and oxygen atoms in total. The molecule has 124 valence electrons. The minimum atomic E-state index is -3.26. The van der Waals surface area contributed by atoms with Crippen LogP contribution < -0.4 is 5.32 Å². The van der Waals surface area contributed by atoms with E-state index < -0.39 is 19.5 Å². The number of benzene rings is 1. The van der Waals surface area contributed by atoms with Crippen molar-refractivity contribution >= 4 is 32.8 Å². The Labute approximate surface area is 135 Å². The van der Waals surface area contributed by atoms with Crippen LogP contribution in [0.3, 0.4) is 0 Å². The zero-order valence-corrected chi connectivity index (χ0v) is 14.7. The second kappa shape index (κ2) is 6.83. The van der Waals surface area contributed by atoms with Crippen molar-refractivity contribution in [1.82, 2.24) is 0 Å². The molecule has 1 N–H and O–H groups in total. The lowest BCUT2D eigenvalue weighted by molar-refractivity contribution is -0.385. The van der Waals surface area contributed by atoms with E-state index in [1.54, 1.807) is 13.0 Å². The van der Waals surface area contributed by atoms with Gasteiger partial charge in [0.05, 0.1) is 20.4 Å².